The van der Waals surface area contributed by atoms with Gasteiger partial charge in [-0.05, 0) is 18.1 Å². The molecule has 3 rings (SSSR count). The molecule has 5 nitrogen and oxygen atoms in total. The van der Waals surface area contributed by atoms with Crippen molar-refractivity contribution < 1.29 is 5.11 Å². The fourth-order valence-corrected chi connectivity index (χ4v) is 2.59. The van der Waals surface area contributed by atoms with Crippen molar-refractivity contribution in [1.29, 1.82) is 0 Å². The maximum atomic E-state index is 9.61. The summed E-state index contributed by atoms with van der Waals surface area (Å²) in [6, 6.07) is 21.7. The highest BCUT2D eigenvalue weighted by atomic mass is 16.3. The van der Waals surface area contributed by atoms with Gasteiger partial charge < -0.3 is 15.7 Å². The lowest BCUT2D eigenvalue weighted by atomic mass is 10.1. The Bertz CT molecular complexity index is 822. The topological polar surface area (TPSA) is 70.1 Å². The summed E-state index contributed by atoms with van der Waals surface area (Å²) in [6.45, 7) is 4.13. The van der Waals surface area contributed by atoms with Gasteiger partial charge >= 0.3 is 0 Å². The van der Waals surface area contributed by atoms with E-state index in [4.69, 9.17) is 0 Å². The first-order valence-corrected chi connectivity index (χ1v) is 8.79. The monoisotopic (exact) mass is 348 g/mol. The second-order valence-electron chi connectivity index (χ2n) is 6.50. The molecule has 1 heterocycles. The van der Waals surface area contributed by atoms with Crippen LogP contribution in [0.5, 0.6) is 0 Å². The highest BCUT2D eigenvalue weighted by molar-refractivity contribution is 5.67. The van der Waals surface area contributed by atoms with E-state index in [1.807, 2.05) is 66.7 Å². The maximum absolute atomic E-state index is 9.61. The normalized spacial score (nSPS) is 12.0. The molecule has 26 heavy (non-hydrogen) atoms. The van der Waals surface area contributed by atoms with E-state index in [0.29, 0.717) is 11.8 Å². The lowest BCUT2D eigenvalue weighted by molar-refractivity contribution is 0.248. The molecular weight excluding hydrogens is 324 g/mol. The fraction of sp³-hybridized carbons (Fsp3) is 0.238. The largest absolute Gasteiger partial charge is 0.394 e. The summed E-state index contributed by atoms with van der Waals surface area (Å²) >= 11 is 0. The number of aliphatic hydroxyl groups is 1. The molecule has 1 atom stereocenters. The average Bonchev–Trinajstić information content (AvgIpc) is 2.67. The van der Waals surface area contributed by atoms with E-state index >= 15 is 0 Å². The van der Waals surface area contributed by atoms with Gasteiger partial charge in [0.25, 0.3) is 0 Å². The molecule has 0 amide bonds. The Labute approximate surface area is 154 Å². The predicted molar refractivity (Wildman–Crippen MR) is 107 cm³/mol. The van der Waals surface area contributed by atoms with Crippen molar-refractivity contribution in [3.05, 3.63) is 66.7 Å². The molecule has 0 saturated carbocycles. The zero-order chi connectivity index (χ0) is 18.4. The smallest absolute Gasteiger partial charge is 0.225 e. The van der Waals surface area contributed by atoms with Crippen LogP contribution in [0.25, 0.3) is 11.3 Å². The summed E-state index contributed by atoms with van der Waals surface area (Å²) in [5.41, 5.74) is 2.79. The number of benzene rings is 2. The standard InChI is InChI=1S/C21H24N4O/c1-15(2)19(14-26)24-21-23-18(16-9-5-3-6-10-16)13-20(25-21)22-17-11-7-4-8-12-17/h3-13,15,19,26H,14H2,1-2H3,(H2,22,23,24,25)/t19-/m1/s1. The molecule has 5 heteroatoms. The summed E-state index contributed by atoms with van der Waals surface area (Å²) in [6.07, 6.45) is 0. The van der Waals surface area contributed by atoms with E-state index in [1.54, 1.807) is 0 Å². The highest BCUT2D eigenvalue weighted by Gasteiger charge is 2.15. The molecular formula is C21H24N4O. The zero-order valence-electron chi connectivity index (χ0n) is 15.1. The summed E-state index contributed by atoms with van der Waals surface area (Å²) in [7, 11) is 0. The summed E-state index contributed by atoms with van der Waals surface area (Å²) in [5.74, 6) is 1.46. The lowest BCUT2D eigenvalue weighted by Crippen LogP contribution is -2.30. The van der Waals surface area contributed by atoms with E-state index in [9.17, 15) is 5.11 Å². The van der Waals surface area contributed by atoms with Crippen molar-refractivity contribution in [1.82, 2.24) is 9.97 Å². The van der Waals surface area contributed by atoms with E-state index in [2.05, 4.69) is 34.4 Å². The zero-order valence-corrected chi connectivity index (χ0v) is 15.1. The minimum absolute atomic E-state index is 0.0258. The number of aromatic nitrogens is 2. The van der Waals surface area contributed by atoms with Gasteiger partial charge in [-0.25, -0.2) is 4.98 Å². The predicted octanol–water partition coefficient (Wildman–Crippen LogP) is 4.32. The van der Waals surface area contributed by atoms with Crippen molar-refractivity contribution in [3.63, 3.8) is 0 Å². The lowest BCUT2D eigenvalue weighted by Gasteiger charge is -2.20. The van der Waals surface area contributed by atoms with Crippen molar-refractivity contribution in [2.75, 3.05) is 17.2 Å². The number of para-hydroxylation sites is 1. The summed E-state index contributed by atoms with van der Waals surface area (Å²) in [5, 5.41) is 16.2. The molecule has 1 aromatic heterocycles. The molecule has 0 unspecified atom stereocenters. The third-order valence-electron chi connectivity index (χ3n) is 4.16. The van der Waals surface area contributed by atoms with Crippen LogP contribution in [0.1, 0.15) is 13.8 Å². The fourth-order valence-electron chi connectivity index (χ4n) is 2.59. The van der Waals surface area contributed by atoms with Crippen LogP contribution in [0, 0.1) is 5.92 Å². The van der Waals surface area contributed by atoms with Gasteiger partial charge in [0, 0.05) is 17.3 Å². The molecule has 0 saturated heterocycles. The first-order chi connectivity index (χ1) is 12.7. The van der Waals surface area contributed by atoms with Crippen LogP contribution < -0.4 is 10.6 Å². The molecule has 0 fully saturated rings. The van der Waals surface area contributed by atoms with Gasteiger partial charge in [0.1, 0.15) is 5.82 Å². The molecule has 0 spiro atoms. The Morgan fingerprint density at radius 1 is 0.923 bits per heavy atom. The molecule has 134 valence electrons. The Hall–Kier alpha value is -2.92. The Kier molecular flexibility index (Phi) is 5.81. The van der Waals surface area contributed by atoms with Gasteiger partial charge in [-0.15, -0.1) is 0 Å². The summed E-state index contributed by atoms with van der Waals surface area (Å²) < 4.78 is 0. The van der Waals surface area contributed by atoms with Crippen LogP contribution >= 0.6 is 0 Å². The number of hydrogen-bond acceptors (Lipinski definition) is 5. The second-order valence-corrected chi connectivity index (χ2v) is 6.50. The number of nitrogens with one attached hydrogen (secondary N) is 2. The van der Waals surface area contributed by atoms with Gasteiger partial charge in [-0.1, -0.05) is 62.4 Å². The second kappa shape index (κ2) is 8.45. The Morgan fingerprint density at radius 3 is 2.19 bits per heavy atom. The maximum Gasteiger partial charge on any atom is 0.225 e. The Balaban J connectivity index is 1.96. The van der Waals surface area contributed by atoms with E-state index < -0.39 is 0 Å². The number of aliphatic hydroxyl groups excluding tert-OH is 1. The van der Waals surface area contributed by atoms with Gasteiger partial charge in [0.2, 0.25) is 5.95 Å². The van der Waals surface area contributed by atoms with Crippen LogP contribution in [-0.2, 0) is 0 Å². The van der Waals surface area contributed by atoms with E-state index in [0.717, 1.165) is 16.9 Å². The molecule has 3 N–H and O–H groups in total. The average molecular weight is 348 g/mol. The summed E-state index contributed by atoms with van der Waals surface area (Å²) in [4.78, 5) is 9.22. The first kappa shape index (κ1) is 17.9. The van der Waals surface area contributed by atoms with E-state index in [-0.39, 0.29) is 18.6 Å². The van der Waals surface area contributed by atoms with Gasteiger partial charge in [-0.3, -0.25) is 0 Å². The molecule has 3 aromatic rings. The number of anilines is 3. The number of rotatable bonds is 7. The molecule has 0 aliphatic rings. The quantitative estimate of drug-likeness (QED) is 0.593. The number of nitrogens with zero attached hydrogens (tertiary/aromatic N) is 2. The van der Waals surface area contributed by atoms with Gasteiger partial charge in [-0.2, -0.15) is 4.98 Å². The van der Waals surface area contributed by atoms with Crippen LogP contribution in [0.2, 0.25) is 0 Å². The minimum Gasteiger partial charge on any atom is -0.394 e. The van der Waals surface area contributed by atoms with Crippen LogP contribution in [-0.4, -0.2) is 27.7 Å². The van der Waals surface area contributed by atoms with Crippen molar-refractivity contribution in [2.45, 2.75) is 19.9 Å². The number of hydrogen-bond donors (Lipinski definition) is 3. The third kappa shape index (κ3) is 4.58. The third-order valence-corrected chi connectivity index (χ3v) is 4.16. The van der Waals surface area contributed by atoms with Gasteiger partial charge in [0.15, 0.2) is 0 Å². The first-order valence-electron chi connectivity index (χ1n) is 8.79. The molecule has 2 aromatic carbocycles. The van der Waals surface area contributed by atoms with Crippen molar-refractivity contribution >= 4 is 17.5 Å². The van der Waals surface area contributed by atoms with Crippen LogP contribution in [0.4, 0.5) is 17.5 Å². The van der Waals surface area contributed by atoms with E-state index in [1.165, 1.54) is 0 Å². The van der Waals surface area contributed by atoms with Crippen molar-refractivity contribution in [2.24, 2.45) is 5.92 Å². The molecule has 0 radical (unpaired) electrons. The van der Waals surface area contributed by atoms with Gasteiger partial charge in [0.05, 0.1) is 18.3 Å². The molecule has 0 bridgehead atoms. The van der Waals surface area contributed by atoms with Crippen molar-refractivity contribution in [3.8, 4) is 11.3 Å². The minimum atomic E-state index is -0.106. The molecule has 0 aliphatic heterocycles. The van der Waals surface area contributed by atoms with Crippen LogP contribution in [0.15, 0.2) is 66.7 Å². The SMILES string of the molecule is CC(C)[C@@H](CO)Nc1nc(Nc2ccccc2)cc(-c2ccccc2)n1. The van der Waals surface area contributed by atoms with Crippen LogP contribution in [0.3, 0.4) is 0 Å². The Morgan fingerprint density at radius 2 is 1.58 bits per heavy atom. The highest BCUT2D eigenvalue weighted by Crippen LogP contribution is 2.24. The molecule has 0 aliphatic carbocycles.